The van der Waals surface area contributed by atoms with E-state index in [1.54, 1.807) is 0 Å². The molecule has 0 fully saturated rings. The molecule has 1 unspecified atom stereocenters. The summed E-state index contributed by atoms with van der Waals surface area (Å²) in [6.07, 6.45) is 2.39. The molecule has 0 heterocycles. The third-order valence-electron chi connectivity index (χ3n) is 2.62. The first-order valence-electron chi connectivity index (χ1n) is 6.24. The number of nitrogens with one attached hydrogen (secondary N) is 1. The molecule has 1 rings (SSSR count). The van der Waals surface area contributed by atoms with Gasteiger partial charge in [0.25, 0.3) is 0 Å². The fraction of sp³-hybridized carbons (Fsp3) is 0.462. The molecule has 0 spiro atoms. The number of hydrogen-bond donors (Lipinski definition) is 2. The van der Waals surface area contributed by atoms with Gasteiger partial charge in [0.1, 0.15) is 5.75 Å². The minimum atomic E-state index is -2.95. The van der Waals surface area contributed by atoms with E-state index < -0.39 is 12.7 Å². The molecule has 3 N–H and O–H groups in total. The van der Waals surface area contributed by atoms with Crippen molar-refractivity contribution in [2.75, 3.05) is 5.32 Å². The first kappa shape index (κ1) is 16.7. The Bertz CT molecular complexity index is 458. The quantitative estimate of drug-likeness (QED) is 0.811. The van der Waals surface area contributed by atoms with Gasteiger partial charge in [-0.1, -0.05) is 31.4 Å². The zero-order valence-electron chi connectivity index (χ0n) is 11.0. The highest BCUT2D eigenvalue weighted by Gasteiger charge is 2.14. The molecular weight excluding hydrogens is 290 g/mol. The number of unbranched alkanes of at least 4 members (excludes halogenated alkanes) is 1. The van der Waals surface area contributed by atoms with Crippen LogP contribution in [0.1, 0.15) is 26.2 Å². The number of hydrogen-bond acceptors (Lipinski definition) is 3. The van der Waals surface area contributed by atoms with Crippen molar-refractivity contribution < 1.29 is 18.3 Å². The van der Waals surface area contributed by atoms with Gasteiger partial charge in [-0.2, -0.15) is 8.78 Å². The van der Waals surface area contributed by atoms with Gasteiger partial charge in [0, 0.05) is 5.69 Å². The van der Waals surface area contributed by atoms with E-state index in [1.807, 2.05) is 6.92 Å². The van der Waals surface area contributed by atoms with Crippen LogP contribution < -0.4 is 15.8 Å². The summed E-state index contributed by atoms with van der Waals surface area (Å²) in [6, 6.07) is 3.42. The Hall–Kier alpha value is -1.40. The number of alkyl halides is 2. The number of halogens is 3. The average molecular weight is 307 g/mol. The van der Waals surface area contributed by atoms with Crippen LogP contribution in [0, 0.1) is 0 Å². The van der Waals surface area contributed by atoms with Gasteiger partial charge in [-0.05, 0) is 24.6 Å². The molecule has 0 bridgehead atoms. The standard InChI is InChI=1S/C13H17ClF2N2O2/c1-2-3-4-10(17)12(19)18-8-5-6-11(9(14)7-8)20-13(15)16/h5-7,10,13H,2-4,17H2,1H3,(H,18,19). The van der Waals surface area contributed by atoms with Crippen LogP contribution in [0.2, 0.25) is 5.02 Å². The molecule has 1 aromatic rings. The predicted octanol–water partition coefficient (Wildman–Crippen LogP) is 3.40. The van der Waals surface area contributed by atoms with Crippen molar-refractivity contribution in [2.45, 2.75) is 38.8 Å². The number of ether oxygens (including phenoxy) is 1. The monoisotopic (exact) mass is 306 g/mol. The molecule has 20 heavy (non-hydrogen) atoms. The van der Waals surface area contributed by atoms with Gasteiger partial charge in [0.2, 0.25) is 5.91 Å². The average Bonchev–Trinajstić information content (AvgIpc) is 2.38. The number of carbonyl (C=O) groups is 1. The highest BCUT2D eigenvalue weighted by molar-refractivity contribution is 6.32. The summed E-state index contributed by atoms with van der Waals surface area (Å²) in [5, 5.41) is 2.57. The maximum Gasteiger partial charge on any atom is 0.387 e. The van der Waals surface area contributed by atoms with Crippen LogP contribution in [0.25, 0.3) is 0 Å². The molecule has 4 nitrogen and oxygen atoms in total. The Kier molecular flexibility index (Phi) is 6.67. The second kappa shape index (κ2) is 8.01. The van der Waals surface area contributed by atoms with Gasteiger partial charge < -0.3 is 15.8 Å². The van der Waals surface area contributed by atoms with Crippen molar-refractivity contribution in [1.82, 2.24) is 0 Å². The molecule has 0 aliphatic carbocycles. The molecule has 0 saturated carbocycles. The summed E-state index contributed by atoms with van der Waals surface area (Å²) in [7, 11) is 0. The molecule has 1 aromatic carbocycles. The van der Waals surface area contributed by atoms with E-state index in [0.29, 0.717) is 12.1 Å². The highest BCUT2D eigenvalue weighted by Crippen LogP contribution is 2.28. The van der Waals surface area contributed by atoms with Crippen molar-refractivity contribution >= 4 is 23.2 Å². The number of amides is 1. The second-order valence-electron chi connectivity index (χ2n) is 4.26. The van der Waals surface area contributed by atoms with Crippen LogP contribution in [0.5, 0.6) is 5.75 Å². The van der Waals surface area contributed by atoms with E-state index >= 15 is 0 Å². The molecule has 7 heteroatoms. The van der Waals surface area contributed by atoms with E-state index in [-0.39, 0.29) is 16.7 Å². The van der Waals surface area contributed by atoms with Crippen molar-refractivity contribution in [3.63, 3.8) is 0 Å². The Morgan fingerprint density at radius 3 is 2.75 bits per heavy atom. The van der Waals surface area contributed by atoms with E-state index in [0.717, 1.165) is 12.8 Å². The van der Waals surface area contributed by atoms with Gasteiger partial charge in [-0.25, -0.2) is 0 Å². The maximum absolute atomic E-state index is 12.1. The Labute approximate surface area is 121 Å². The lowest BCUT2D eigenvalue weighted by molar-refractivity contribution is -0.117. The second-order valence-corrected chi connectivity index (χ2v) is 4.67. The maximum atomic E-state index is 12.1. The van der Waals surface area contributed by atoms with Gasteiger partial charge in [-0.15, -0.1) is 0 Å². The van der Waals surface area contributed by atoms with Crippen molar-refractivity contribution in [3.05, 3.63) is 23.2 Å². The lowest BCUT2D eigenvalue weighted by atomic mass is 10.1. The lowest BCUT2D eigenvalue weighted by Gasteiger charge is -2.13. The van der Waals surface area contributed by atoms with E-state index in [2.05, 4.69) is 10.1 Å². The third-order valence-corrected chi connectivity index (χ3v) is 2.92. The summed E-state index contributed by atoms with van der Waals surface area (Å²) < 4.78 is 28.3. The number of carbonyl (C=O) groups excluding carboxylic acids is 1. The molecule has 0 saturated heterocycles. The molecular formula is C13H17ClF2N2O2. The van der Waals surface area contributed by atoms with Crippen LogP contribution in [-0.4, -0.2) is 18.6 Å². The SMILES string of the molecule is CCCCC(N)C(=O)Nc1ccc(OC(F)F)c(Cl)c1. The first-order valence-corrected chi connectivity index (χ1v) is 6.62. The smallest absolute Gasteiger partial charge is 0.387 e. The van der Waals surface area contributed by atoms with E-state index in [1.165, 1.54) is 18.2 Å². The van der Waals surface area contributed by atoms with Crippen LogP contribution >= 0.6 is 11.6 Å². The third kappa shape index (κ3) is 5.30. The van der Waals surface area contributed by atoms with E-state index in [9.17, 15) is 13.6 Å². The molecule has 0 aliphatic rings. The molecule has 0 radical (unpaired) electrons. The fourth-order valence-electron chi connectivity index (χ4n) is 1.56. The first-order chi connectivity index (χ1) is 9.43. The van der Waals surface area contributed by atoms with Crippen LogP contribution in [0.3, 0.4) is 0 Å². The van der Waals surface area contributed by atoms with Crippen LogP contribution in [-0.2, 0) is 4.79 Å². The van der Waals surface area contributed by atoms with Gasteiger partial charge in [0.15, 0.2) is 0 Å². The van der Waals surface area contributed by atoms with Crippen molar-refractivity contribution in [3.8, 4) is 5.75 Å². The van der Waals surface area contributed by atoms with Crippen LogP contribution in [0.15, 0.2) is 18.2 Å². The van der Waals surface area contributed by atoms with Gasteiger partial charge in [0.05, 0.1) is 11.1 Å². The zero-order chi connectivity index (χ0) is 15.1. The summed E-state index contributed by atoms with van der Waals surface area (Å²) in [5.74, 6) is -0.480. The normalized spacial score (nSPS) is 12.3. The minimum Gasteiger partial charge on any atom is -0.433 e. The topological polar surface area (TPSA) is 64.4 Å². The molecule has 1 amide bonds. The Morgan fingerprint density at radius 2 is 2.20 bits per heavy atom. The number of nitrogens with two attached hydrogens (primary N) is 1. The summed E-state index contributed by atoms with van der Waals surface area (Å²) >= 11 is 5.78. The van der Waals surface area contributed by atoms with Gasteiger partial charge in [-0.3, -0.25) is 4.79 Å². The van der Waals surface area contributed by atoms with Gasteiger partial charge >= 0.3 is 6.61 Å². The molecule has 0 aliphatic heterocycles. The number of benzene rings is 1. The zero-order valence-corrected chi connectivity index (χ0v) is 11.8. The van der Waals surface area contributed by atoms with Crippen molar-refractivity contribution in [1.29, 1.82) is 0 Å². The summed E-state index contributed by atoms with van der Waals surface area (Å²) in [4.78, 5) is 11.8. The minimum absolute atomic E-state index is 0.00905. The number of anilines is 1. The summed E-state index contributed by atoms with van der Waals surface area (Å²) in [5.41, 5.74) is 6.10. The summed E-state index contributed by atoms with van der Waals surface area (Å²) in [6.45, 7) is -0.943. The lowest BCUT2D eigenvalue weighted by Crippen LogP contribution is -2.35. The molecule has 0 aromatic heterocycles. The highest BCUT2D eigenvalue weighted by atomic mass is 35.5. The molecule has 112 valence electrons. The van der Waals surface area contributed by atoms with E-state index in [4.69, 9.17) is 17.3 Å². The Morgan fingerprint density at radius 1 is 1.50 bits per heavy atom. The predicted molar refractivity (Wildman–Crippen MR) is 74.2 cm³/mol. The number of rotatable bonds is 7. The fourth-order valence-corrected chi connectivity index (χ4v) is 1.79. The van der Waals surface area contributed by atoms with Crippen molar-refractivity contribution in [2.24, 2.45) is 5.73 Å². The molecule has 1 atom stereocenters. The largest absolute Gasteiger partial charge is 0.433 e. The van der Waals surface area contributed by atoms with Crippen LogP contribution in [0.4, 0.5) is 14.5 Å². The Balaban J connectivity index is 2.64.